The number of halogens is 2. The molecule has 0 saturated carbocycles. The highest BCUT2D eigenvalue weighted by Gasteiger charge is 2.40. The van der Waals surface area contributed by atoms with Crippen LogP contribution in [0.1, 0.15) is 12.8 Å². The molecule has 0 aliphatic carbocycles. The number of rotatable bonds is 2. The molecule has 1 aromatic carbocycles. The molecule has 7 heteroatoms. The Hall–Kier alpha value is -0.330. The largest absolute Gasteiger partial charge is 0.312 e. The first-order valence-corrected chi connectivity index (χ1v) is 8.86. The first-order valence-electron chi connectivity index (χ1n) is 6.67. The van der Waals surface area contributed by atoms with E-state index in [-0.39, 0.29) is 16.0 Å². The molecule has 0 radical (unpaired) electrons. The molecule has 3 rings (SSSR count). The summed E-state index contributed by atoms with van der Waals surface area (Å²) in [6, 6.07) is 4.74. The highest BCUT2D eigenvalue weighted by atomic mass is 35.5. The molecule has 20 heavy (non-hydrogen) atoms. The number of nitrogens with one attached hydrogen (secondary N) is 1. The predicted octanol–water partition coefficient (Wildman–Crippen LogP) is 2.37. The van der Waals surface area contributed by atoms with E-state index in [0.717, 1.165) is 19.4 Å². The summed E-state index contributed by atoms with van der Waals surface area (Å²) >= 11 is 11.8. The van der Waals surface area contributed by atoms with Crippen molar-refractivity contribution in [1.82, 2.24) is 9.62 Å². The summed E-state index contributed by atoms with van der Waals surface area (Å²) in [6.45, 7) is 2.09. The average Bonchev–Trinajstić information content (AvgIpc) is 2.86. The molecule has 2 fully saturated rings. The molecule has 4 nitrogen and oxygen atoms in total. The molecule has 0 spiro atoms. The summed E-state index contributed by atoms with van der Waals surface area (Å²) in [5, 5.41) is 4.03. The van der Waals surface area contributed by atoms with E-state index in [2.05, 4.69) is 5.32 Å². The number of benzene rings is 1. The Morgan fingerprint density at radius 1 is 1.20 bits per heavy atom. The fraction of sp³-hybridized carbons (Fsp3) is 0.538. The fourth-order valence-corrected chi connectivity index (χ4v) is 4.90. The molecule has 0 unspecified atom stereocenters. The van der Waals surface area contributed by atoms with Crippen LogP contribution in [0.2, 0.25) is 10.0 Å². The second kappa shape index (κ2) is 5.46. The van der Waals surface area contributed by atoms with Gasteiger partial charge in [-0.25, -0.2) is 8.42 Å². The zero-order valence-electron chi connectivity index (χ0n) is 10.9. The van der Waals surface area contributed by atoms with Gasteiger partial charge in [-0.15, -0.1) is 0 Å². The van der Waals surface area contributed by atoms with Crippen molar-refractivity contribution in [3.8, 4) is 0 Å². The van der Waals surface area contributed by atoms with Gasteiger partial charge < -0.3 is 5.32 Å². The molecule has 2 atom stereocenters. The van der Waals surface area contributed by atoms with E-state index in [1.54, 1.807) is 4.31 Å². The van der Waals surface area contributed by atoms with Gasteiger partial charge in [-0.05, 0) is 43.5 Å². The van der Waals surface area contributed by atoms with Crippen LogP contribution in [0.4, 0.5) is 0 Å². The predicted molar refractivity (Wildman–Crippen MR) is 79.7 cm³/mol. The van der Waals surface area contributed by atoms with Gasteiger partial charge in [0.25, 0.3) is 0 Å². The minimum Gasteiger partial charge on any atom is -0.312 e. The SMILES string of the molecule is O=S(=O)(c1ccc(Cl)c(Cl)c1)N1C[C@@H]2CCCN[C@@H]2C1. The van der Waals surface area contributed by atoms with Crippen molar-refractivity contribution in [2.24, 2.45) is 5.92 Å². The molecule has 0 amide bonds. The van der Waals surface area contributed by atoms with Gasteiger partial charge in [-0.3, -0.25) is 0 Å². The molecular weight excluding hydrogens is 319 g/mol. The molecule has 2 heterocycles. The first kappa shape index (κ1) is 14.6. The van der Waals surface area contributed by atoms with E-state index < -0.39 is 10.0 Å². The number of fused-ring (bicyclic) bond motifs is 1. The number of hydrogen-bond acceptors (Lipinski definition) is 3. The van der Waals surface area contributed by atoms with Crippen LogP contribution in [0.3, 0.4) is 0 Å². The minimum absolute atomic E-state index is 0.213. The Balaban J connectivity index is 1.86. The Labute approximate surface area is 129 Å². The summed E-state index contributed by atoms with van der Waals surface area (Å²) < 4.78 is 26.8. The highest BCUT2D eigenvalue weighted by Crippen LogP contribution is 2.31. The maximum atomic E-state index is 12.6. The van der Waals surface area contributed by atoms with Crippen LogP contribution in [0.25, 0.3) is 0 Å². The van der Waals surface area contributed by atoms with Gasteiger partial charge in [0.2, 0.25) is 10.0 Å². The van der Waals surface area contributed by atoms with Crippen molar-refractivity contribution in [2.45, 2.75) is 23.8 Å². The van der Waals surface area contributed by atoms with Crippen molar-refractivity contribution in [2.75, 3.05) is 19.6 Å². The number of piperidine rings is 1. The van der Waals surface area contributed by atoms with Crippen molar-refractivity contribution in [3.63, 3.8) is 0 Å². The zero-order chi connectivity index (χ0) is 14.3. The lowest BCUT2D eigenvalue weighted by Gasteiger charge is -2.24. The van der Waals surface area contributed by atoms with Gasteiger partial charge in [0.1, 0.15) is 0 Å². The van der Waals surface area contributed by atoms with Crippen molar-refractivity contribution >= 4 is 33.2 Å². The van der Waals surface area contributed by atoms with E-state index in [9.17, 15) is 8.42 Å². The summed E-state index contributed by atoms with van der Waals surface area (Å²) in [4.78, 5) is 0.213. The molecule has 1 aromatic rings. The summed E-state index contributed by atoms with van der Waals surface area (Å²) in [6.07, 6.45) is 2.20. The van der Waals surface area contributed by atoms with Crippen LogP contribution in [-0.4, -0.2) is 38.4 Å². The second-order valence-electron chi connectivity index (χ2n) is 5.36. The topological polar surface area (TPSA) is 49.4 Å². The number of sulfonamides is 1. The maximum absolute atomic E-state index is 12.6. The third-order valence-corrected chi connectivity index (χ3v) is 6.66. The molecule has 110 valence electrons. The van der Waals surface area contributed by atoms with Crippen LogP contribution < -0.4 is 5.32 Å². The molecule has 0 bridgehead atoms. The molecular formula is C13H16Cl2N2O2S. The van der Waals surface area contributed by atoms with E-state index in [1.807, 2.05) is 0 Å². The lowest BCUT2D eigenvalue weighted by molar-refractivity contribution is 0.339. The molecule has 1 N–H and O–H groups in total. The Morgan fingerprint density at radius 2 is 2.00 bits per heavy atom. The highest BCUT2D eigenvalue weighted by molar-refractivity contribution is 7.89. The summed E-state index contributed by atoms with van der Waals surface area (Å²) in [5.74, 6) is 0.418. The van der Waals surface area contributed by atoms with Crippen LogP contribution >= 0.6 is 23.2 Å². The molecule has 2 aliphatic heterocycles. The number of nitrogens with zero attached hydrogens (tertiary/aromatic N) is 1. The number of hydrogen-bond donors (Lipinski definition) is 1. The zero-order valence-corrected chi connectivity index (χ0v) is 13.2. The minimum atomic E-state index is -3.49. The van der Waals surface area contributed by atoms with Gasteiger partial charge in [0.15, 0.2) is 0 Å². The Bertz CT molecular complexity index is 607. The van der Waals surface area contributed by atoms with E-state index >= 15 is 0 Å². The lowest BCUT2D eigenvalue weighted by atomic mass is 9.94. The lowest BCUT2D eigenvalue weighted by Crippen LogP contribution is -2.41. The average molecular weight is 335 g/mol. The third-order valence-electron chi connectivity index (χ3n) is 4.09. The maximum Gasteiger partial charge on any atom is 0.243 e. The van der Waals surface area contributed by atoms with Crippen molar-refractivity contribution in [3.05, 3.63) is 28.2 Å². The normalized spacial score (nSPS) is 27.5. The molecule has 0 aromatic heterocycles. The van der Waals surface area contributed by atoms with Gasteiger partial charge in [0.05, 0.1) is 14.9 Å². The Kier molecular flexibility index (Phi) is 3.99. The van der Waals surface area contributed by atoms with Crippen LogP contribution in [-0.2, 0) is 10.0 Å². The monoisotopic (exact) mass is 334 g/mol. The third kappa shape index (κ3) is 2.57. The van der Waals surface area contributed by atoms with Gasteiger partial charge in [-0.1, -0.05) is 23.2 Å². The van der Waals surface area contributed by atoms with Crippen LogP contribution in [0.15, 0.2) is 23.1 Å². The smallest absolute Gasteiger partial charge is 0.243 e. The van der Waals surface area contributed by atoms with Gasteiger partial charge >= 0.3 is 0 Å². The van der Waals surface area contributed by atoms with Crippen LogP contribution in [0, 0.1) is 5.92 Å². The second-order valence-corrected chi connectivity index (χ2v) is 8.11. The van der Waals surface area contributed by atoms with Gasteiger partial charge in [-0.2, -0.15) is 4.31 Å². The quantitative estimate of drug-likeness (QED) is 0.903. The van der Waals surface area contributed by atoms with Crippen LogP contribution in [0.5, 0.6) is 0 Å². The summed E-state index contributed by atoms with van der Waals surface area (Å²) in [5.41, 5.74) is 0. The van der Waals surface area contributed by atoms with E-state index in [0.29, 0.717) is 24.0 Å². The molecule has 2 aliphatic rings. The standard InChI is InChI=1S/C13H16Cl2N2O2S/c14-11-4-3-10(6-12(11)15)20(18,19)17-7-9-2-1-5-16-13(9)8-17/h3-4,6,9,13,16H,1-2,5,7-8H2/t9-,13+/m0/s1. The first-order chi connectivity index (χ1) is 9.48. The van der Waals surface area contributed by atoms with Crippen molar-refractivity contribution < 1.29 is 8.42 Å². The fourth-order valence-electron chi connectivity index (χ4n) is 2.99. The van der Waals surface area contributed by atoms with E-state index in [1.165, 1.54) is 18.2 Å². The Morgan fingerprint density at radius 3 is 2.70 bits per heavy atom. The molecule has 2 saturated heterocycles. The van der Waals surface area contributed by atoms with E-state index in [4.69, 9.17) is 23.2 Å². The summed E-state index contributed by atoms with van der Waals surface area (Å²) in [7, 11) is -3.49. The van der Waals surface area contributed by atoms with Gasteiger partial charge in [0, 0.05) is 19.1 Å². The van der Waals surface area contributed by atoms with Crippen molar-refractivity contribution in [1.29, 1.82) is 0 Å².